The number of benzene rings is 1. The zero-order valence-corrected chi connectivity index (χ0v) is 12.3. The van der Waals surface area contributed by atoms with E-state index in [0.29, 0.717) is 4.47 Å². The summed E-state index contributed by atoms with van der Waals surface area (Å²) in [5.74, 6) is -0.469. The lowest BCUT2D eigenvalue weighted by atomic mass is 10.2. The SMILES string of the molecule is C=C(Cl)CNC(=O)c1cc(Br)cc(S(N)(=O)=O)c1. The van der Waals surface area contributed by atoms with E-state index in [1.54, 1.807) is 0 Å². The zero-order chi connectivity index (χ0) is 13.9. The first-order valence-electron chi connectivity index (χ1n) is 4.65. The molecule has 0 fully saturated rings. The monoisotopic (exact) mass is 352 g/mol. The van der Waals surface area contributed by atoms with Gasteiger partial charge in [-0.1, -0.05) is 34.1 Å². The van der Waals surface area contributed by atoms with E-state index in [2.05, 4.69) is 27.8 Å². The molecule has 0 unspecified atom stereocenters. The van der Waals surface area contributed by atoms with E-state index < -0.39 is 15.9 Å². The molecule has 5 nitrogen and oxygen atoms in total. The van der Waals surface area contributed by atoms with E-state index in [4.69, 9.17) is 16.7 Å². The van der Waals surface area contributed by atoms with Crippen LogP contribution in [0.4, 0.5) is 0 Å². The molecule has 0 aliphatic heterocycles. The van der Waals surface area contributed by atoms with Crippen molar-refractivity contribution in [3.63, 3.8) is 0 Å². The Kier molecular flexibility index (Phi) is 4.92. The minimum absolute atomic E-state index is 0.0949. The van der Waals surface area contributed by atoms with Crippen LogP contribution in [0.15, 0.2) is 39.2 Å². The van der Waals surface area contributed by atoms with E-state index in [1.807, 2.05) is 0 Å². The van der Waals surface area contributed by atoms with Crippen LogP contribution < -0.4 is 10.5 Å². The van der Waals surface area contributed by atoms with Crippen molar-refractivity contribution in [1.29, 1.82) is 0 Å². The van der Waals surface area contributed by atoms with Crippen molar-refractivity contribution < 1.29 is 13.2 Å². The molecule has 0 bridgehead atoms. The summed E-state index contributed by atoms with van der Waals surface area (Å²) in [4.78, 5) is 11.6. The lowest BCUT2D eigenvalue weighted by Crippen LogP contribution is -2.25. The molecule has 0 aliphatic rings. The first kappa shape index (κ1) is 15.2. The predicted octanol–water partition coefficient (Wildman–Crippen LogP) is 1.58. The first-order chi connectivity index (χ1) is 8.20. The first-order valence-corrected chi connectivity index (χ1v) is 7.37. The second-order valence-corrected chi connectivity index (χ2v) is 6.43. The minimum Gasteiger partial charge on any atom is -0.347 e. The quantitative estimate of drug-likeness (QED) is 0.861. The Morgan fingerprint density at radius 1 is 1.44 bits per heavy atom. The van der Waals surface area contributed by atoms with Gasteiger partial charge in [0.05, 0.1) is 11.4 Å². The van der Waals surface area contributed by atoms with Gasteiger partial charge in [0, 0.05) is 15.1 Å². The van der Waals surface area contributed by atoms with E-state index in [9.17, 15) is 13.2 Å². The molecule has 1 aromatic rings. The van der Waals surface area contributed by atoms with Gasteiger partial charge in [-0.05, 0) is 18.2 Å². The molecule has 8 heteroatoms. The van der Waals surface area contributed by atoms with Crippen molar-refractivity contribution in [2.45, 2.75) is 4.90 Å². The Balaban J connectivity index is 3.07. The maximum absolute atomic E-state index is 11.7. The average molecular weight is 354 g/mol. The van der Waals surface area contributed by atoms with Crippen molar-refractivity contribution in [1.82, 2.24) is 5.32 Å². The third-order valence-corrected chi connectivity index (χ3v) is 3.39. The third-order valence-electron chi connectivity index (χ3n) is 1.90. The van der Waals surface area contributed by atoms with Crippen molar-refractivity contribution in [3.05, 3.63) is 39.8 Å². The van der Waals surface area contributed by atoms with Crippen LogP contribution in [0.3, 0.4) is 0 Å². The largest absolute Gasteiger partial charge is 0.347 e. The summed E-state index contributed by atoms with van der Waals surface area (Å²) in [5, 5.41) is 7.75. The van der Waals surface area contributed by atoms with Crippen molar-refractivity contribution in [2.24, 2.45) is 5.14 Å². The number of carbonyl (C=O) groups excluding carboxylic acids is 1. The number of carbonyl (C=O) groups is 1. The summed E-state index contributed by atoms with van der Waals surface area (Å²) in [6.45, 7) is 3.52. The Morgan fingerprint density at radius 3 is 2.56 bits per heavy atom. The topological polar surface area (TPSA) is 89.3 Å². The Hall–Kier alpha value is -0.890. The van der Waals surface area contributed by atoms with Gasteiger partial charge in [0.25, 0.3) is 5.91 Å². The number of hydrogen-bond acceptors (Lipinski definition) is 3. The molecule has 0 radical (unpaired) electrons. The molecule has 1 rings (SSSR count). The van der Waals surface area contributed by atoms with E-state index >= 15 is 0 Å². The van der Waals surface area contributed by atoms with E-state index in [1.165, 1.54) is 18.2 Å². The molecule has 0 saturated heterocycles. The highest BCUT2D eigenvalue weighted by atomic mass is 79.9. The van der Waals surface area contributed by atoms with Gasteiger partial charge in [0.1, 0.15) is 0 Å². The number of rotatable bonds is 4. The minimum atomic E-state index is -3.87. The summed E-state index contributed by atoms with van der Waals surface area (Å²) in [6, 6.07) is 3.97. The molecule has 0 saturated carbocycles. The third kappa shape index (κ3) is 4.41. The normalized spacial score (nSPS) is 11.1. The maximum Gasteiger partial charge on any atom is 0.251 e. The molecule has 18 heavy (non-hydrogen) atoms. The van der Waals surface area contributed by atoms with Crippen molar-refractivity contribution >= 4 is 43.5 Å². The van der Waals surface area contributed by atoms with Gasteiger partial charge < -0.3 is 5.32 Å². The lowest BCUT2D eigenvalue weighted by molar-refractivity contribution is 0.0957. The Labute approximate surface area is 118 Å². The number of nitrogens with two attached hydrogens (primary N) is 1. The molecule has 0 aliphatic carbocycles. The fourth-order valence-electron chi connectivity index (χ4n) is 1.14. The molecule has 0 aromatic heterocycles. The van der Waals surface area contributed by atoms with Crippen LogP contribution in [0.25, 0.3) is 0 Å². The molecular formula is C10H10BrClN2O3S. The van der Waals surface area contributed by atoms with Gasteiger partial charge >= 0.3 is 0 Å². The summed E-state index contributed by atoms with van der Waals surface area (Å²) >= 11 is 8.62. The molecule has 0 heterocycles. The number of primary sulfonamides is 1. The highest BCUT2D eigenvalue weighted by Gasteiger charge is 2.13. The molecule has 0 atom stereocenters. The van der Waals surface area contributed by atoms with Gasteiger partial charge in [0.15, 0.2) is 0 Å². The van der Waals surface area contributed by atoms with Crippen molar-refractivity contribution in [2.75, 3.05) is 6.54 Å². The average Bonchev–Trinajstić information content (AvgIpc) is 2.23. The van der Waals surface area contributed by atoms with Crippen molar-refractivity contribution in [3.8, 4) is 0 Å². The highest BCUT2D eigenvalue weighted by molar-refractivity contribution is 9.10. The Morgan fingerprint density at radius 2 is 2.06 bits per heavy atom. The van der Waals surface area contributed by atoms with Gasteiger partial charge in [0.2, 0.25) is 10.0 Å². The van der Waals surface area contributed by atoms with Crippen LogP contribution in [0.1, 0.15) is 10.4 Å². The van der Waals surface area contributed by atoms with Gasteiger partial charge in [-0.25, -0.2) is 13.6 Å². The Bertz CT molecular complexity index is 601. The summed E-state index contributed by atoms with van der Waals surface area (Å²) in [5.41, 5.74) is 0.159. The second-order valence-electron chi connectivity index (χ2n) is 3.42. The second kappa shape index (κ2) is 5.83. The maximum atomic E-state index is 11.7. The summed E-state index contributed by atoms with van der Waals surface area (Å²) in [6.07, 6.45) is 0. The highest BCUT2D eigenvalue weighted by Crippen LogP contribution is 2.18. The fraction of sp³-hybridized carbons (Fsp3) is 0.100. The molecule has 1 aromatic carbocycles. The van der Waals surface area contributed by atoms with Gasteiger partial charge in [-0.3, -0.25) is 4.79 Å². The van der Waals surface area contributed by atoms with Crippen LogP contribution in [0, 0.1) is 0 Å². The van der Waals surface area contributed by atoms with E-state index in [-0.39, 0.29) is 22.0 Å². The van der Waals surface area contributed by atoms with Crippen LogP contribution in [-0.4, -0.2) is 20.9 Å². The van der Waals surface area contributed by atoms with Crippen LogP contribution in [0.2, 0.25) is 0 Å². The molecule has 0 spiro atoms. The predicted molar refractivity (Wildman–Crippen MR) is 72.8 cm³/mol. The fourth-order valence-corrected chi connectivity index (χ4v) is 2.43. The molecule has 98 valence electrons. The number of nitrogens with one attached hydrogen (secondary N) is 1. The standard InChI is InChI=1S/C10H10BrClN2O3S/c1-6(12)5-14-10(15)7-2-8(11)4-9(3-7)18(13,16)17/h2-4H,1,5H2,(H,14,15)(H2,13,16,17). The molecular weight excluding hydrogens is 344 g/mol. The van der Waals surface area contributed by atoms with Crippen LogP contribution in [0.5, 0.6) is 0 Å². The smallest absolute Gasteiger partial charge is 0.251 e. The van der Waals surface area contributed by atoms with E-state index in [0.717, 1.165) is 0 Å². The van der Waals surface area contributed by atoms with Gasteiger partial charge in [-0.15, -0.1) is 0 Å². The molecule has 3 N–H and O–H groups in total. The number of halogens is 2. The number of amides is 1. The summed E-state index contributed by atoms with van der Waals surface area (Å²) in [7, 11) is -3.87. The van der Waals surface area contributed by atoms with Crippen LogP contribution in [-0.2, 0) is 10.0 Å². The number of sulfonamides is 1. The zero-order valence-electron chi connectivity index (χ0n) is 9.11. The lowest BCUT2D eigenvalue weighted by Gasteiger charge is -2.06. The summed E-state index contributed by atoms with van der Waals surface area (Å²) < 4.78 is 22.9. The van der Waals surface area contributed by atoms with Gasteiger partial charge in [-0.2, -0.15) is 0 Å². The molecule has 1 amide bonds. The number of hydrogen-bond donors (Lipinski definition) is 2. The van der Waals surface area contributed by atoms with Crippen LogP contribution >= 0.6 is 27.5 Å².